The van der Waals surface area contributed by atoms with Crippen molar-refractivity contribution in [1.82, 2.24) is 0 Å². The van der Waals surface area contributed by atoms with Gasteiger partial charge in [-0.05, 0) is 37.1 Å². The molecule has 0 spiro atoms. The molecule has 1 unspecified atom stereocenters. The van der Waals surface area contributed by atoms with E-state index < -0.39 is 0 Å². The van der Waals surface area contributed by atoms with Crippen LogP contribution in [0.2, 0.25) is 0 Å². The molecule has 2 aromatic rings. The van der Waals surface area contributed by atoms with Gasteiger partial charge in [-0.1, -0.05) is 62.7 Å². The number of hydrogen-bond acceptors (Lipinski definition) is 2. The summed E-state index contributed by atoms with van der Waals surface area (Å²) < 4.78 is 0. The summed E-state index contributed by atoms with van der Waals surface area (Å²) in [5.41, 5.74) is 2.05. The Bertz CT molecular complexity index is 652. The molecule has 0 aromatic heterocycles. The predicted octanol–water partition coefficient (Wildman–Crippen LogP) is 6.03. The Morgan fingerprint density at radius 2 is 1.57 bits per heavy atom. The molecule has 1 amide bonds. The third-order valence-corrected chi connectivity index (χ3v) is 5.53. The highest BCUT2D eigenvalue weighted by Gasteiger charge is 2.31. The second-order valence-electron chi connectivity index (χ2n) is 5.96. The highest BCUT2D eigenvalue weighted by Crippen LogP contribution is 2.48. The third-order valence-electron chi connectivity index (χ3n) is 4.40. The van der Waals surface area contributed by atoms with E-state index in [4.69, 9.17) is 0 Å². The average Bonchev–Trinajstić information content (AvgIpc) is 2.60. The van der Waals surface area contributed by atoms with Crippen LogP contribution in [0.5, 0.6) is 0 Å². The lowest BCUT2D eigenvalue weighted by Crippen LogP contribution is -2.34. The lowest BCUT2D eigenvalue weighted by molar-refractivity contribution is -0.122. The number of benzene rings is 2. The van der Waals surface area contributed by atoms with E-state index in [0.29, 0.717) is 0 Å². The Labute approximate surface area is 142 Å². The zero-order valence-electron chi connectivity index (χ0n) is 13.8. The zero-order valence-corrected chi connectivity index (χ0v) is 14.6. The van der Waals surface area contributed by atoms with Crippen molar-refractivity contribution in [2.45, 2.75) is 49.3 Å². The predicted molar refractivity (Wildman–Crippen MR) is 97.5 cm³/mol. The van der Waals surface area contributed by atoms with Crippen LogP contribution in [-0.2, 0) is 4.79 Å². The van der Waals surface area contributed by atoms with Gasteiger partial charge in [0.2, 0.25) is 5.91 Å². The van der Waals surface area contributed by atoms with Crippen molar-refractivity contribution in [3.8, 4) is 0 Å². The largest absolute Gasteiger partial charge is 0.279 e. The van der Waals surface area contributed by atoms with Crippen LogP contribution in [0.4, 0.5) is 11.4 Å². The summed E-state index contributed by atoms with van der Waals surface area (Å²) in [5, 5.41) is 0. The third kappa shape index (κ3) is 3.16. The number of unbranched alkanes of at least 4 members (excludes halogenated alkanes) is 1. The normalized spacial score (nSPS) is 14.1. The van der Waals surface area contributed by atoms with E-state index in [1.165, 1.54) is 0 Å². The summed E-state index contributed by atoms with van der Waals surface area (Å²) >= 11 is 1.75. The van der Waals surface area contributed by atoms with Crippen LogP contribution >= 0.6 is 11.8 Å². The number of nitrogens with zero attached hydrogens (tertiary/aromatic N) is 1. The maximum absolute atomic E-state index is 13.3. The molecule has 0 saturated carbocycles. The molecule has 1 heterocycles. The molecule has 1 aliphatic rings. The second-order valence-corrected chi connectivity index (χ2v) is 7.04. The van der Waals surface area contributed by atoms with E-state index in [0.717, 1.165) is 46.8 Å². The van der Waals surface area contributed by atoms with Crippen LogP contribution in [0.1, 0.15) is 39.5 Å². The quantitative estimate of drug-likeness (QED) is 0.668. The number of amides is 1. The molecular formula is C20H23NOS. The first-order valence-corrected chi connectivity index (χ1v) is 9.27. The number of carbonyl (C=O) groups is 1. The smallest absolute Gasteiger partial charge is 0.234 e. The van der Waals surface area contributed by atoms with E-state index in [1.807, 2.05) is 29.2 Å². The van der Waals surface area contributed by atoms with E-state index >= 15 is 0 Å². The molecule has 0 aliphatic carbocycles. The fourth-order valence-corrected chi connectivity index (χ4v) is 4.14. The molecule has 3 heteroatoms. The number of hydrogen-bond donors (Lipinski definition) is 0. The minimum atomic E-state index is 0.0964. The monoisotopic (exact) mass is 325 g/mol. The minimum absolute atomic E-state index is 0.0964. The van der Waals surface area contributed by atoms with Crippen molar-refractivity contribution >= 4 is 29.0 Å². The molecule has 3 rings (SSSR count). The fraction of sp³-hybridized carbons (Fsp3) is 0.350. The first-order chi connectivity index (χ1) is 11.3. The standard InChI is InChI=1S/C20H23NOS/c1-3-5-10-15(4-2)20(22)21-16-11-6-8-13-18(16)23-19-14-9-7-12-17(19)21/h6-9,11-15H,3-5,10H2,1-2H3. The van der Waals surface area contributed by atoms with Gasteiger partial charge in [0, 0.05) is 15.7 Å². The van der Waals surface area contributed by atoms with Crippen LogP contribution < -0.4 is 4.90 Å². The summed E-state index contributed by atoms with van der Waals surface area (Å²) in [7, 11) is 0. The van der Waals surface area contributed by atoms with Crippen molar-refractivity contribution in [3.63, 3.8) is 0 Å². The van der Waals surface area contributed by atoms with Crippen LogP contribution in [-0.4, -0.2) is 5.91 Å². The lowest BCUT2D eigenvalue weighted by atomic mass is 9.97. The van der Waals surface area contributed by atoms with Crippen LogP contribution in [0.15, 0.2) is 58.3 Å². The SMILES string of the molecule is CCCCC(CC)C(=O)N1c2ccccc2Sc2ccccc21. The Morgan fingerprint density at radius 1 is 1.00 bits per heavy atom. The maximum atomic E-state index is 13.3. The topological polar surface area (TPSA) is 20.3 Å². The Morgan fingerprint density at radius 3 is 2.09 bits per heavy atom. The van der Waals surface area contributed by atoms with E-state index in [-0.39, 0.29) is 11.8 Å². The molecule has 0 bridgehead atoms. The molecule has 2 aromatic carbocycles. The molecule has 120 valence electrons. The Kier molecular flexibility index (Phi) is 5.06. The molecule has 0 fully saturated rings. The second kappa shape index (κ2) is 7.22. The highest BCUT2D eigenvalue weighted by molar-refractivity contribution is 7.99. The van der Waals surface area contributed by atoms with Gasteiger partial charge in [-0.2, -0.15) is 0 Å². The maximum Gasteiger partial charge on any atom is 0.234 e. The van der Waals surface area contributed by atoms with E-state index in [9.17, 15) is 4.79 Å². The number of para-hydroxylation sites is 2. The van der Waals surface area contributed by atoms with Gasteiger partial charge in [-0.3, -0.25) is 9.69 Å². The fourth-order valence-electron chi connectivity index (χ4n) is 3.08. The average molecular weight is 325 g/mol. The van der Waals surface area contributed by atoms with Gasteiger partial charge in [0.05, 0.1) is 11.4 Å². The minimum Gasteiger partial charge on any atom is -0.279 e. The van der Waals surface area contributed by atoms with Crippen molar-refractivity contribution in [3.05, 3.63) is 48.5 Å². The molecule has 0 radical (unpaired) electrons. The molecule has 0 saturated heterocycles. The summed E-state index contributed by atoms with van der Waals surface area (Å²) in [4.78, 5) is 17.5. The summed E-state index contributed by atoms with van der Waals surface area (Å²) in [6.45, 7) is 4.30. The van der Waals surface area contributed by atoms with Gasteiger partial charge in [-0.25, -0.2) is 0 Å². The van der Waals surface area contributed by atoms with Crippen molar-refractivity contribution in [2.75, 3.05) is 4.90 Å². The summed E-state index contributed by atoms with van der Waals surface area (Å²) in [6.07, 6.45) is 4.11. The van der Waals surface area contributed by atoms with Crippen molar-refractivity contribution in [1.29, 1.82) is 0 Å². The number of fused-ring (bicyclic) bond motifs is 2. The van der Waals surface area contributed by atoms with E-state index in [1.54, 1.807) is 11.8 Å². The first kappa shape index (κ1) is 16.1. The van der Waals surface area contributed by atoms with Gasteiger partial charge in [0.1, 0.15) is 0 Å². The highest BCUT2D eigenvalue weighted by atomic mass is 32.2. The zero-order chi connectivity index (χ0) is 16.2. The Balaban J connectivity index is 2.02. The summed E-state index contributed by atoms with van der Waals surface area (Å²) in [6, 6.07) is 16.4. The van der Waals surface area contributed by atoms with Crippen LogP contribution in [0.3, 0.4) is 0 Å². The molecule has 1 atom stereocenters. The van der Waals surface area contributed by atoms with E-state index in [2.05, 4.69) is 38.1 Å². The van der Waals surface area contributed by atoms with Crippen LogP contribution in [0, 0.1) is 5.92 Å². The molecular weight excluding hydrogens is 302 g/mol. The molecule has 2 nitrogen and oxygen atoms in total. The van der Waals surface area contributed by atoms with Gasteiger partial charge in [0.25, 0.3) is 0 Å². The van der Waals surface area contributed by atoms with Crippen LogP contribution in [0.25, 0.3) is 0 Å². The summed E-state index contributed by atoms with van der Waals surface area (Å²) in [5.74, 6) is 0.334. The molecule has 23 heavy (non-hydrogen) atoms. The number of carbonyl (C=O) groups excluding carboxylic acids is 1. The number of rotatable bonds is 5. The van der Waals surface area contributed by atoms with Crippen molar-refractivity contribution in [2.24, 2.45) is 5.92 Å². The number of anilines is 2. The molecule has 0 N–H and O–H groups in total. The first-order valence-electron chi connectivity index (χ1n) is 8.46. The molecule has 1 aliphatic heterocycles. The van der Waals surface area contributed by atoms with Gasteiger partial charge >= 0.3 is 0 Å². The van der Waals surface area contributed by atoms with Gasteiger partial charge in [-0.15, -0.1) is 0 Å². The van der Waals surface area contributed by atoms with Gasteiger partial charge < -0.3 is 0 Å². The lowest BCUT2D eigenvalue weighted by Gasteiger charge is -2.33. The van der Waals surface area contributed by atoms with Crippen molar-refractivity contribution < 1.29 is 4.79 Å². The van der Waals surface area contributed by atoms with Gasteiger partial charge in [0.15, 0.2) is 0 Å². The Hall–Kier alpha value is -1.74.